The van der Waals surface area contributed by atoms with E-state index in [1.54, 1.807) is 7.11 Å². The minimum absolute atomic E-state index is 0.294. The third-order valence-corrected chi connectivity index (χ3v) is 2.44. The largest absolute Gasteiger partial charge is 0.497 e. The van der Waals surface area contributed by atoms with Gasteiger partial charge >= 0.3 is 0 Å². The summed E-state index contributed by atoms with van der Waals surface area (Å²) >= 11 is 0. The molecule has 0 saturated carbocycles. The first-order chi connectivity index (χ1) is 7.13. The van der Waals surface area contributed by atoms with Crippen LogP contribution in [0.1, 0.15) is 19.9 Å². The number of hydrogen-bond acceptors (Lipinski definition) is 3. The van der Waals surface area contributed by atoms with E-state index in [1.165, 1.54) is 0 Å². The Bertz CT molecular complexity index is 488. The van der Waals surface area contributed by atoms with Crippen molar-refractivity contribution in [3.63, 3.8) is 0 Å². The van der Waals surface area contributed by atoms with Crippen LogP contribution in [0.15, 0.2) is 18.2 Å². The van der Waals surface area contributed by atoms with E-state index >= 15 is 0 Å². The zero-order chi connectivity index (χ0) is 11.0. The number of hydrogen-bond donors (Lipinski definition) is 1. The summed E-state index contributed by atoms with van der Waals surface area (Å²) in [6.07, 6.45) is 0. The van der Waals surface area contributed by atoms with E-state index in [4.69, 9.17) is 10.5 Å². The maximum Gasteiger partial charge on any atom is 0.201 e. The van der Waals surface area contributed by atoms with Crippen molar-refractivity contribution >= 4 is 17.0 Å². The molecule has 4 heteroatoms. The lowest BCUT2D eigenvalue weighted by molar-refractivity contribution is 0.415. The maximum atomic E-state index is 5.86. The highest BCUT2D eigenvalue weighted by Gasteiger charge is 2.11. The summed E-state index contributed by atoms with van der Waals surface area (Å²) in [5, 5.41) is 0. The first-order valence-corrected chi connectivity index (χ1v) is 4.95. The SMILES string of the molecule is COc1ccc2nc(N)n(C(C)C)c2c1. The van der Waals surface area contributed by atoms with Gasteiger partial charge < -0.3 is 15.0 Å². The Morgan fingerprint density at radius 3 is 2.73 bits per heavy atom. The van der Waals surface area contributed by atoms with E-state index in [-0.39, 0.29) is 0 Å². The van der Waals surface area contributed by atoms with Crippen LogP contribution in [0.3, 0.4) is 0 Å². The molecule has 2 rings (SSSR count). The van der Waals surface area contributed by atoms with Crippen molar-refractivity contribution in [3.8, 4) is 5.75 Å². The number of methoxy groups -OCH3 is 1. The summed E-state index contributed by atoms with van der Waals surface area (Å²) < 4.78 is 7.18. The van der Waals surface area contributed by atoms with Crippen LogP contribution in [0, 0.1) is 0 Å². The van der Waals surface area contributed by atoms with Gasteiger partial charge in [-0.3, -0.25) is 0 Å². The van der Waals surface area contributed by atoms with Crippen LogP contribution in [0.2, 0.25) is 0 Å². The van der Waals surface area contributed by atoms with Crippen LogP contribution >= 0.6 is 0 Å². The molecule has 0 bridgehead atoms. The third-order valence-electron chi connectivity index (χ3n) is 2.44. The van der Waals surface area contributed by atoms with Crippen LogP contribution in [0.5, 0.6) is 5.75 Å². The van der Waals surface area contributed by atoms with Gasteiger partial charge in [-0.1, -0.05) is 0 Å². The van der Waals surface area contributed by atoms with Crippen LogP contribution in [-0.4, -0.2) is 16.7 Å². The van der Waals surface area contributed by atoms with E-state index < -0.39 is 0 Å². The Labute approximate surface area is 88.7 Å². The Hall–Kier alpha value is -1.71. The highest BCUT2D eigenvalue weighted by Crippen LogP contribution is 2.25. The molecule has 0 spiro atoms. The fourth-order valence-electron chi connectivity index (χ4n) is 1.76. The molecule has 0 aliphatic heterocycles. The predicted molar refractivity (Wildman–Crippen MR) is 61.1 cm³/mol. The molecule has 4 nitrogen and oxygen atoms in total. The molecule has 1 aromatic carbocycles. The molecule has 0 saturated heterocycles. The summed E-state index contributed by atoms with van der Waals surface area (Å²) in [6.45, 7) is 4.16. The molecular weight excluding hydrogens is 190 g/mol. The van der Waals surface area contributed by atoms with Crippen LogP contribution in [0.25, 0.3) is 11.0 Å². The molecule has 2 N–H and O–H groups in total. The lowest BCUT2D eigenvalue weighted by atomic mass is 10.3. The van der Waals surface area contributed by atoms with Gasteiger partial charge in [-0.05, 0) is 26.0 Å². The molecule has 0 aliphatic carbocycles. The number of nitrogens with two attached hydrogens (primary N) is 1. The number of anilines is 1. The fraction of sp³-hybridized carbons (Fsp3) is 0.364. The van der Waals surface area contributed by atoms with Gasteiger partial charge in [0, 0.05) is 12.1 Å². The summed E-state index contributed by atoms with van der Waals surface area (Å²) in [4.78, 5) is 4.29. The van der Waals surface area contributed by atoms with Crippen molar-refractivity contribution in [1.82, 2.24) is 9.55 Å². The Morgan fingerprint density at radius 1 is 1.40 bits per heavy atom. The van der Waals surface area contributed by atoms with Crippen LogP contribution in [-0.2, 0) is 0 Å². The molecule has 0 amide bonds. The van der Waals surface area contributed by atoms with Crippen molar-refractivity contribution in [3.05, 3.63) is 18.2 Å². The van der Waals surface area contributed by atoms with Gasteiger partial charge in [0.15, 0.2) is 0 Å². The van der Waals surface area contributed by atoms with Gasteiger partial charge in [0.2, 0.25) is 5.95 Å². The number of nitrogen functional groups attached to an aromatic ring is 1. The second-order valence-corrected chi connectivity index (χ2v) is 3.79. The van der Waals surface area contributed by atoms with Gasteiger partial charge in [0.05, 0.1) is 18.1 Å². The predicted octanol–water partition coefficient (Wildman–Crippen LogP) is 2.21. The zero-order valence-electron chi connectivity index (χ0n) is 9.19. The fourth-order valence-corrected chi connectivity index (χ4v) is 1.76. The number of rotatable bonds is 2. The molecule has 1 heterocycles. The molecule has 15 heavy (non-hydrogen) atoms. The summed E-state index contributed by atoms with van der Waals surface area (Å²) in [6, 6.07) is 6.06. The van der Waals surface area contributed by atoms with Crippen molar-refractivity contribution in [2.24, 2.45) is 0 Å². The van der Waals surface area contributed by atoms with Crippen molar-refractivity contribution < 1.29 is 4.74 Å². The Kier molecular flexibility index (Phi) is 2.26. The van der Waals surface area contributed by atoms with E-state index in [0.717, 1.165) is 16.8 Å². The average Bonchev–Trinajstić information content (AvgIpc) is 2.52. The molecule has 1 aromatic heterocycles. The summed E-state index contributed by atoms with van der Waals surface area (Å²) in [5.41, 5.74) is 7.78. The lowest BCUT2D eigenvalue weighted by Gasteiger charge is -2.10. The van der Waals surface area contributed by atoms with E-state index in [1.807, 2.05) is 22.8 Å². The van der Waals surface area contributed by atoms with Crippen molar-refractivity contribution in [2.45, 2.75) is 19.9 Å². The third kappa shape index (κ3) is 1.52. The maximum absolute atomic E-state index is 5.86. The minimum atomic E-state index is 0.294. The van der Waals surface area contributed by atoms with Gasteiger partial charge in [0.25, 0.3) is 0 Å². The van der Waals surface area contributed by atoms with Crippen molar-refractivity contribution in [1.29, 1.82) is 0 Å². The standard InChI is InChI=1S/C11H15N3O/c1-7(2)14-10-6-8(15-3)4-5-9(10)13-11(14)12/h4-7H,1-3H3,(H2,12,13). The van der Waals surface area contributed by atoms with Crippen molar-refractivity contribution in [2.75, 3.05) is 12.8 Å². The molecular formula is C11H15N3O. The number of benzene rings is 1. The molecule has 0 aliphatic rings. The Morgan fingerprint density at radius 2 is 2.13 bits per heavy atom. The van der Waals surface area contributed by atoms with Crippen LogP contribution < -0.4 is 10.5 Å². The highest BCUT2D eigenvalue weighted by atomic mass is 16.5. The smallest absolute Gasteiger partial charge is 0.201 e. The monoisotopic (exact) mass is 205 g/mol. The van der Waals surface area contributed by atoms with Gasteiger partial charge in [-0.15, -0.1) is 0 Å². The van der Waals surface area contributed by atoms with E-state index in [0.29, 0.717) is 12.0 Å². The second-order valence-electron chi connectivity index (χ2n) is 3.79. The normalized spacial score (nSPS) is 11.2. The second kappa shape index (κ2) is 3.46. The van der Waals surface area contributed by atoms with Crippen LogP contribution in [0.4, 0.5) is 5.95 Å². The first kappa shape index (κ1) is 9.83. The van der Waals surface area contributed by atoms with Gasteiger partial charge in [-0.2, -0.15) is 0 Å². The number of aromatic nitrogens is 2. The molecule has 80 valence electrons. The molecule has 0 atom stereocenters. The number of fused-ring (bicyclic) bond motifs is 1. The lowest BCUT2D eigenvalue weighted by Crippen LogP contribution is -2.05. The van der Waals surface area contributed by atoms with E-state index in [2.05, 4.69) is 18.8 Å². The average molecular weight is 205 g/mol. The summed E-state index contributed by atoms with van der Waals surface area (Å²) in [7, 11) is 1.65. The van der Waals surface area contributed by atoms with E-state index in [9.17, 15) is 0 Å². The summed E-state index contributed by atoms with van der Waals surface area (Å²) in [5.74, 6) is 1.37. The molecule has 0 unspecified atom stereocenters. The first-order valence-electron chi connectivity index (χ1n) is 4.95. The highest BCUT2D eigenvalue weighted by molar-refractivity contribution is 5.80. The molecule has 2 aromatic rings. The minimum Gasteiger partial charge on any atom is -0.497 e. The van der Waals surface area contributed by atoms with Gasteiger partial charge in [0.1, 0.15) is 5.75 Å². The van der Waals surface area contributed by atoms with Gasteiger partial charge in [-0.25, -0.2) is 4.98 Å². The quantitative estimate of drug-likeness (QED) is 0.817. The number of imidazole rings is 1. The Balaban J connectivity index is 2.72. The molecule has 0 fully saturated rings. The topological polar surface area (TPSA) is 53.1 Å². The number of ether oxygens (including phenoxy) is 1. The number of nitrogens with zero attached hydrogens (tertiary/aromatic N) is 2. The zero-order valence-corrected chi connectivity index (χ0v) is 9.19. The molecule has 0 radical (unpaired) electrons.